The third-order valence-electron chi connectivity index (χ3n) is 9.68. The van der Waals surface area contributed by atoms with E-state index in [-0.39, 0.29) is 19.3 Å². The second-order valence-electron chi connectivity index (χ2n) is 14.4. The number of carbonyl (C=O) groups excluding carboxylic acids is 7. The Morgan fingerprint density at radius 3 is 1.89 bits per heavy atom. The molecule has 0 spiro atoms. The molecule has 0 aliphatic carbocycles. The number of ketones is 3. The standard InChI is InChI=1S/C40H57BN4O9/c1-8-9-10-28-11-13-29(14-12-28)30-15-17-31(18-16-30)40(53)43-26(4)33(47)19-20-37(51)45(7)38(27(5)46)35(49)21-24(2)39(52)44-32(23-36(42)50)34(48)22-25(3)41(6)54/h11-18,24-27,32,38,46,54H,8-10,19-23H2,1-7H3,(H2,42,50)(H,43,53)(H,44,52)/t24-,25-,26-,27?,32+,38+/m1/s1. The first-order valence-corrected chi connectivity index (χ1v) is 18.6. The number of nitrogens with one attached hydrogen (secondary N) is 2. The molecule has 1 unspecified atom stereocenters. The van der Waals surface area contributed by atoms with E-state index in [1.54, 1.807) is 19.1 Å². The molecular formula is C40H57BN4O9. The fraction of sp³-hybridized carbons (Fsp3) is 0.525. The van der Waals surface area contributed by atoms with E-state index in [1.807, 2.05) is 12.1 Å². The number of Topliss-reactive ketones (excluding diaryl/α,β-unsaturated/α-hetero) is 3. The second-order valence-corrected chi connectivity index (χ2v) is 14.4. The van der Waals surface area contributed by atoms with E-state index in [1.165, 1.54) is 40.2 Å². The average molecular weight is 749 g/mol. The molecule has 0 aliphatic heterocycles. The fourth-order valence-corrected chi connectivity index (χ4v) is 5.91. The summed E-state index contributed by atoms with van der Waals surface area (Å²) < 4.78 is 0. The zero-order valence-corrected chi connectivity index (χ0v) is 32.6. The van der Waals surface area contributed by atoms with Crippen LogP contribution in [-0.4, -0.2) is 94.2 Å². The van der Waals surface area contributed by atoms with Crippen LogP contribution in [0.4, 0.5) is 0 Å². The summed E-state index contributed by atoms with van der Waals surface area (Å²) in [6.45, 7) is 8.78. The first kappa shape index (κ1) is 45.5. The van der Waals surface area contributed by atoms with Crippen molar-refractivity contribution < 1.29 is 43.7 Å². The smallest absolute Gasteiger partial charge is 0.289 e. The lowest BCUT2D eigenvalue weighted by Crippen LogP contribution is -2.50. The van der Waals surface area contributed by atoms with Crippen LogP contribution in [0.25, 0.3) is 11.1 Å². The molecule has 4 amide bonds. The van der Waals surface area contributed by atoms with Crippen LogP contribution in [0, 0.1) is 5.92 Å². The van der Waals surface area contributed by atoms with E-state index in [0.717, 1.165) is 35.3 Å². The molecule has 294 valence electrons. The molecule has 0 fully saturated rings. The van der Waals surface area contributed by atoms with Crippen molar-refractivity contribution in [2.24, 2.45) is 11.7 Å². The maximum absolute atomic E-state index is 13.3. The average Bonchev–Trinajstić information content (AvgIpc) is 3.12. The first-order chi connectivity index (χ1) is 25.4. The number of carbonyl (C=O) groups is 7. The predicted molar refractivity (Wildman–Crippen MR) is 207 cm³/mol. The Morgan fingerprint density at radius 2 is 1.37 bits per heavy atom. The highest BCUT2D eigenvalue weighted by Gasteiger charge is 2.34. The van der Waals surface area contributed by atoms with Crippen molar-refractivity contribution in [3.05, 3.63) is 59.7 Å². The van der Waals surface area contributed by atoms with Gasteiger partial charge >= 0.3 is 0 Å². The third kappa shape index (κ3) is 14.3. The van der Waals surface area contributed by atoms with Gasteiger partial charge in [-0.1, -0.05) is 70.4 Å². The van der Waals surface area contributed by atoms with Crippen LogP contribution in [0.2, 0.25) is 12.6 Å². The van der Waals surface area contributed by atoms with Gasteiger partial charge in [0.2, 0.25) is 17.7 Å². The van der Waals surface area contributed by atoms with Gasteiger partial charge in [-0.3, -0.25) is 33.6 Å². The Bertz CT molecular complexity index is 1610. The number of likely N-dealkylation sites (N-methyl/N-ethyl adjacent to an activating group) is 1. The summed E-state index contributed by atoms with van der Waals surface area (Å²) >= 11 is 0. The molecule has 54 heavy (non-hydrogen) atoms. The van der Waals surface area contributed by atoms with E-state index in [4.69, 9.17) is 5.73 Å². The van der Waals surface area contributed by atoms with Gasteiger partial charge in [0.05, 0.1) is 24.6 Å². The number of amides is 4. The molecule has 14 heteroatoms. The monoisotopic (exact) mass is 748 g/mol. The van der Waals surface area contributed by atoms with Crippen LogP contribution in [0.3, 0.4) is 0 Å². The third-order valence-corrected chi connectivity index (χ3v) is 9.68. The number of benzene rings is 2. The molecule has 0 radical (unpaired) electrons. The van der Waals surface area contributed by atoms with Gasteiger partial charge in [0.15, 0.2) is 17.3 Å². The van der Waals surface area contributed by atoms with Gasteiger partial charge in [-0.05, 0) is 61.3 Å². The number of rotatable bonds is 23. The highest BCUT2D eigenvalue weighted by molar-refractivity contribution is 6.50. The Kier molecular flexibility index (Phi) is 18.4. The molecule has 0 heterocycles. The quantitative estimate of drug-likeness (QED) is 0.105. The normalized spacial score (nSPS) is 14.4. The van der Waals surface area contributed by atoms with Crippen LogP contribution < -0.4 is 16.4 Å². The minimum atomic E-state index is -1.34. The Hall–Kier alpha value is -4.69. The summed E-state index contributed by atoms with van der Waals surface area (Å²) in [5.41, 5.74) is 8.90. The summed E-state index contributed by atoms with van der Waals surface area (Å²) in [4.78, 5) is 90.6. The van der Waals surface area contributed by atoms with Crippen LogP contribution >= 0.6 is 0 Å². The number of nitrogens with zero attached hydrogens (tertiary/aromatic N) is 1. The molecule has 0 saturated heterocycles. The summed E-state index contributed by atoms with van der Waals surface area (Å²) in [5.74, 6) is -5.57. The van der Waals surface area contributed by atoms with Crippen LogP contribution in [-0.2, 0) is 35.2 Å². The van der Waals surface area contributed by atoms with Gasteiger partial charge in [0, 0.05) is 44.2 Å². The Balaban J connectivity index is 1.94. The number of aliphatic hydroxyl groups is 1. The van der Waals surface area contributed by atoms with E-state index >= 15 is 0 Å². The van der Waals surface area contributed by atoms with Crippen molar-refractivity contribution in [3.8, 4) is 11.1 Å². The topological polar surface area (TPSA) is 213 Å². The summed E-state index contributed by atoms with van der Waals surface area (Å²) in [6, 6.07) is 11.9. The second kappa shape index (κ2) is 21.9. The van der Waals surface area contributed by atoms with Crippen molar-refractivity contribution in [2.75, 3.05) is 7.05 Å². The molecule has 2 aromatic carbocycles. The lowest BCUT2D eigenvalue weighted by Gasteiger charge is -2.30. The lowest BCUT2D eigenvalue weighted by molar-refractivity contribution is -0.143. The number of nitrogens with two attached hydrogens (primary N) is 1. The summed E-state index contributed by atoms with van der Waals surface area (Å²) in [5, 5.41) is 25.3. The molecule has 2 aromatic rings. The van der Waals surface area contributed by atoms with Crippen molar-refractivity contribution >= 4 is 47.9 Å². The largest absolute Gasteiger partial charge is 0.450 e. The molecule has 6 atom stereocenters. The first-order valence-electron chi connectivity index (χ1n) is 18.6. The van der Waals surface area contributed by atoms with Gasteiger partial charge in [-0.25, -0.2) is 0 Å². The predicted octanol–water partition coefficient (Wildman–Crippen LogP) is 3.29. The number of hydrogen-bond donors (Lipinski definition) is 5. The van der Waals surface area contributed by atoms with Crippen molar-refractivity contribution in [2.45, 2.75) is 123 Å². The van der Waals surface area contributed by atoms with Crippen LogP contribution in [0.1, 0.15) is 95.5 Å². The van der Waals surface area contributed by atoms with E-state index in [2.05, 4.69) is 41.8 Å². The highest BCUT2D eigenvalue weighted by atomic mass is 16.3. The van der Waals surface area contributed by atoms with Crippen molar-refractivity contribution in [3.63, 3.8) is 0 Å². The summed E-state index contributed by atoms with van der Waals surface area (Å²) in [7, 11) is 1.31. The van der Waals surface area contributed by atoms with Crippen molar-refractivity contribution in [1.29, 1.82) is 0 Å². The van der Waals surface area contributed by atoms with Crippen molar-refractivity contribution in [1.82, 2.24) is 15.5 Å². The number of unbranched alkanes of at least 4 members (excludes halogenated alkanes) is 1. The molecule has 0 aliphatic rings. The van der Waals surface area contributed by atoms with Crippen LogP contribution in [0.5, 0.6) is 0 Å². The fourth-order valence-electron chi connectivity index (χ4n) is 5.91. The van der Waals surface area contributed by atoms with Gasteiger partial charge in [-0.2, -0.15) is 0 Å². The molecule has 2 rings (SSSR count). The zero-order valence-electron chi connectivity index (χ0n) is 32.6. The SMILES string of the molecule is CCCCc1ccc(-c2ccc(C(=O)N[C@H](C)C(=O)CCC(=O)N(C)[C@H](C(=O)C[C@@H](C)C(=O)N[C@@H](CC(N)=O)C(=O)C[C@@H](C)B(C)O)C(C)O)cc2)cc1. The molecule has 0 bridgehead atoms. The lowest BCUT2D eigenvalue weighted by atomic mass is 9.58. The van der Waals surface area contributed by atoms with Gasteiger partial charge in [0.25, 0.3) is 12.8 Å². The number of primary amides is 1. The minimum absolute atomic E-state index is 0.114. The number of aliphatic hydroxyl groups excluding tert-OH is 1. The molecule has 0 saturated carbocycles. The number of hydrogen-bond acceptors (Lipinski definition) is 9. The maximum atomic E-state index is 13.3. The Labute approximate surface area is 318 Å². The van der Waals surface area contributed by atoms with Gasteiger partial charge in [-0.15, -0.1) is 0 Å². The molecule has 13 nitrogen and oxygen atoms in total. The summed E-state index contributed by atoms with van der Waals surface area (Å²) in [6.07, 6.45) is 0.455. The van der Waals surface area contributed by atoms with E-state index < -0.39 is 96.7 Å². The van der Waals surface area contributed by atoms with Gasteiger partial charge in [0.1, 0.15) is 6.04 Å². The Morgan fingerprint density at radius 1 is 0.796 bits per heavy atom. The van der Waals surface area contributed by atoms with E-state index in [0.29, 0.717) is 5.56 Å². The molecule has 0 aromatic heterocycles. The molecular weight excluding hydrogens is 691 g/mol. The molecule has 6 N–H and O–H groups in total. The van der Waals surface area contributed by atoms with Gasteiger partial charge < -0.3 is 31.4 Å². The highest BCUT2D eigenvalue weighted by Crippen LogP contribution is 2.22. The van der Waals surface area contributed by atoms with Crippen LogP contribution in [0.15, 0.2) is 48.5 Å². The number of aryl methyl sites for hydroxylation is 1. The van der Waals surface area contributed by atoms with E-state index in [9.17, 15) is 43.7 Å². The maximum Gasteiger partial charge on any atom is 0.289 e. The minimum Gasteiger partial charge on any atom is -0.450 e. The zero-order chi connectivity index (χ0) is 40.7.